The number of aliphatic carboxylic acids is 1. The van der Waals surface area contributed by atoms with Crippen molar-refractivity contribution in [1.82, 2.24) is 4.31 Å². The van der Waals surface area contributed by atoms with Crippen molar-refractivity contribution in [1.29, 1.82) is 0 Å². The van der Waals surface area contributed by atoms with E-state index < -0.39 is 22.0 Å². The van der Waals surface area contributed by atoms with E-state index in [1.54, 1.807) is 0 Å². The molecule has 6 nitrogen and oxygen atoms in total. The van der Waals surface area contributed by atoms with Gasteiger partial charge in [-0.1, -0.05) is 20.8 Å². The first kappa shape index (κ1) is 15.4. The molecule has 1 fully saturated rings. The number of nitrogens with zero attached hydrogens (tertiary/aromatic N) is 1. The van der Waals surface area contributed by atoms with Crippen molar-refractivity contribution >= 4 is 16.0 Å². The van der Waals surface area contributed by atoms with Gasteiger partial charge in [0.1, 0.15) is 6.04 Å². The summed E-state index contributed by atoms with van der Waals surface area (Å²) in [6.45, 7) is 6.15. The summed E-state index contributed by atoms with van der Waals surface area (Å²) in [6, 6.07) is -1.09. The molecule has 1 unspecified atom stereocenters. The zero-order chi connectivity index (χ0) is 14.0. The lowest BCUT2D eigenvalue weighted by Gasteiger charge is -2.32. The van der Waals surface area contributed by atoms with E-state index in [0.29, 0.717) is 6.42 Å². The molecular weight excluding hydrogens is 258 g/mol. The van der Waals surface area contributed by atoms with Crippen LogP contribution >= 0.6 is 0 Å². The highest BCUT2D eigenvalue weighted by molar-refractivity contribution is 7.89. The molecule has 18 heavy (non-hydrogen) atoms. The van der Waals surface area contributed by atoms with Crippen LogP contribution in [0.1, 0.15) is 27.2 Å². The number of hydrogen-bond acceptors (Lipinski definition) is 4. The van der Waals surface area contributed by atoms with Gasteiger partial charge < -0.3 is 9.84 Å². The number of carbonyl (C=O) groups is 1. The van der Waals surface area contributed by atoms with Gasteiger partial charge in [-0.3, -0.25) is 4.79 Å². The first-order valence-electron chi connectivity index (χ1n) is 5.93. The van der Waals surface area contributed by atoms with Gasteiger partial charge in [-0.05, 0) is 11.8 Å². The van der Waals surface area contributed by atoms with Crippen LogP contribution in [0.25, 0.3) is 0 Å². The van der Waals surface area contributed by atoms with Crippen LogP contribution in [-0.4, -0.2) is 55.4 Å². The van der Waals surface area contributed by atoms with Gasteiger partial charge in [0.2, 0.25) is 10.0 Å². The fourth-order valence-electron chi connectivity index (χ4n) is 1.67. The topological polar surface area (TPSA) is 83.9 Å². The molecule has 1 aliphatic heterocycles. The Bertz CT molecular complexity index is 398. The highest BCUT2D eigenvalue weighted by Crippen LogP contribution is 2.22. The second-order valence-electron chi connectivity index (χ2n) is 5.67. The van der Waals surface area contributed by atoms with Crippen molar-refractivity contribution in [2.24, 2.45) is 5.41 Å². The first-order chi connectivity index (χ1) is 8.13. The summed E-state index contributed by atoms with van der Waals surface area (Å²) in [5.41, 5.74) is -0.0991. The SMILES string of the molecule is CC(C)(C)CCS(=O)(=O)N1CCOCC1C(=O)O. The molecule has 1 rings (SSSR count). The maximum Gasteiger partial charge on any atom is 0.324 e. The molecule has 0 aromatic rings. The lowest BCUT2D eigenvalue weighted by molar-refractivity contribution is -0.146. The molecule has 0 saturated carbocycles. The average Bonchev–Trinajstić information content (AvgIpc) is 2.26. The van der Waals surface area contributed by atoms with E-state index in [1.807, 2.05) is 20.8 Å². The van der Waals surface area contributed by atoms with E-state index in [0.717, 1.165) is 4.31 Å². The van der Waals surface area contributed by atoms with Crippen LogP contribution in [0.15, 0.2) is 0 Å². The summed E-state index contributed by atoms with van der Waals surface area (Å²) < 4.78 is 30.4. The van der Waals surface area contributed by atoms with Gasteiger partial charge in [0.25, 0.3) is 0 Å². The molecule has 1 saturated heterocycles. The molecule has 0 bridgehead atoms. The van der Waals surface area contributed by atoms with Crippen LogP contribution < -0.4 is 0 Å². The molecule has 0 radical (unpaired) electrons. The second kappa shape index (κ2) is 5.54. The predicted octanol–water partition coefficient (Wildman–Crippen LogP) is 0.538. The van der Waals surface area contributed by atoms with Crippen molar-refractivity contribution in [3.05, 3.63) is 0 Å². The second-order valence-corrected chi connectivity index (χ2v) is 7.71. The average molecular weight is 279 g/mol. The minimum atomic E-state index is -3.54. The number of morpholine rings is 1. The Morgan fingerprint density at radius 2 is 2.06 bits per heavy atom. The number of hydrogen-bond donors (Lipinski definition) is 1. The molecule has 1 atom stereocenters. The van der Waals surface area contributed by atoms with Crippen LogP contribution in [-0.2, 0) is 19.6 Å². The molecule has 0 amide bonds. The lowest BCUT2D eigenvalue weighted by Crippen LogP contribution is -2.53. The van der Waals surface area contributed by atoms with Crippen molar-refractivity contribution in [3.8, 4) is 0 Å². The molecule has 0 aromatic heterocycles. The van der Waals surface area contributed by atoms with E-state index >= 15 is 0 Å². The fraction of sp³-hybridized carbons (Fsp3) is 0.909. The molecule has 1 aliphatic rings. The van der Waals surface area contributed by atoms with E-state index in [9.17, 15) is 13.2 Å². The van der Waals surface area contributed by atoms with Crippen LogP contribution in [0.3, 0.4) is 0 Å². The van der Waals surface area contributed by atoms with Crippen molar-refractivity contribution in [2.45, 2.75) is 33.2 Å². The lowest BCUT2D eigenvalue weighted by atomic mass is 9.94. The van der Waals surface area contributed by atoms with E-state index in [2.05, 4.69) is 0 Å². The van der Waals surface area contributed by atoms with Gasteiger partial charge >= 0.3 is 5.97 Å². The molecule has 0 aliphatic carbocycles. The van der Waals surface area contributed by atoms with Crippen molar-refractivity contribution < 1.29 is 23.1 Å². The minimum Gasteiger partial charge on any atom is -0.480 e. The third-order valence-electron chi connectivity index (χ3n) is 2.83. The molecular formula is C11H21NO5S. The largest absolute Gasteiger partial charge is 0.480 e. The summed E-state index contributed by atoms with van der Waals surface area (Å²) >= 11 is 0. The molecule has 0 spiro atoms. The van der Waals surface area contributed by atoms with Crippen LogP contribution in [0.4, 0.5) is 0 Å². The normalized spacial score (nSPS) is 22.9. The summed E-state index contributed by atoms with van der Waals surface area (Å²) in [5, 5.41) is 9.01. The summed E-state index contributed by atoms with van der Waals surface area (Å²) in [7, 11) is -3.54. The Morgan fingerprint density at radius 3 is 2.56 bits per heavy atom. The van der Waals surface area contributed by atoms with Crippen LogP contribution in [0, 0.1) is 5.41 Å². The number of carboxylic acid groups (broad SMARTS) is 1. The first-order valence-corrected chi connectivity index (χ1v) is 7.54. The molecule has 106 valence electrons. The number of ether oxygens (including phenoxy) is 1. The Morgan fingerprint density at radius 1 is 1.44 bits per heavy atom. The molecule has 1 heterocycles. The van der Waals surface area contributed by atoms with Gasteiger partial charge in [0.05, 0.1) is 19.0 Å². The smallest absolute Gasteiger partial charge is 0.324 e. The molecule has 1 N–H and O–H groups in total. The number of sulfonamides is 1. The van der Waals surface area contributed by atoms with Gasteiger partial charge in [-0.15, -0.1) is 0 Å². The zero-order valence-electron chi connectivity index (χ0n) is 11.0. The van der Waals surface area contributed by atoms with Gasteiger partial charge in [0, 0.05) is 6.54 Å². The van der Waals surface area contributed by atoms with Crippen molar-refractivity contribution in [3.63, 3.8) is 0 Å². The fourth-order valence-corrected chi connectivity index (χ4v) is 3.66. The standard InChI is InChI=1S/C11H21NO5S/c1-11(2,3)4-7-18(15,16)12-5-6-17-8-9(12)10(13)14/h9H,4-8H2,1-3H3,(H,13,14). The van der Waals surface area contributed by atoms with Crippen molar-refractivity contribution in [2.75, 3.05) is 25.5 Å². The van der Waals surface area contributed by atoms with Crippen LogP contribution in [0.5, 0.6) is 0 Å². The highest BCUT2D eigenvalue weighted by Gasteiger charge is 2.37. The monoisotopic (exact) mass is 279 g/mol. The maximum atomic E-state index is 12.2. The Balaban J connectivity index is 2.78. The third-order valence-corrected chi connectivity index (χ3v) is 4.70. The van der Waals surface area contributed by atoms with Crippen LogP contribution in [0.2, 0.25) is 0 Å². The predicted molar refractivity (Wildman–Crippen MR) is 66.8 cm³/mol. The van der Waals surface area contributed by atoms with Gasteiger partial charge in [-0.25, -0.2) is 8.42 Å². The minimum absolute atomic E-state index is 0.0275. The quantitative estimate of drug-likeness (QED) is 0.812. The van der Waals surface area contributed by atoms with E-state index in [-0.39, 0.29) is 30.9 Å². The molecule has 7 heteroatoms. The summed E-state index contributed by atoms with van der Waals surface area (Å²) in [5.74, 6) is -1.19. The highest BCUT2D eigenvalue weighted by atomic mass is 32.2. The zero-order valence-corrected chi connectivity index (χ0v) is 11.9. The molecule has 0 aromatic carbocycles. The van der Waals surface area contributed by atoms with Gasteiger partial charge in [0.15, 0.2) is 0 Å². The van der Waals surface area contributed by atoms with E-state index in [4.69, 9.17) is 9.84 Å². The number of rotatable bonds is 4. The third kappa shape index (κ3) is 4.22. The summed E-state index contributed by atoms with van der Waals surface area (Å²) in [4.78, 5) is 11.0. The van der Waals surface area contributed by atoms with E-state index in [1.165, 1.54) is 0 Å². The Labute approximate surface area is 108 Å². The Hall–Kier alpha value is -0.660. The number of carboxylic acids is 1. The maximum absolute atomic E-state index is 12.2. The Kier molecular flexibility index (Phi) is 4.74. The summed E-state index contributed by atoms with van der Waals surface area (Å²) in [6.07, 6.45) is 0.499. The van der Waals surface area contributed by atoms with Gasteiger partial charge in [-0.2, -0.15) is 4.31 Å².